The van der Waals surface area contributed by atoms with Crippen molar-refractivity contribution in [2.45, 2.75) is 77.6 Å². The highest BCUT2D eigenvalue weighted by molar-refractivity contribution is 5.87. The molecule has 246 valence electrons. The van der Waals surface area contributed by atoms with Crippen LogP contribution >= 0.6 is 0 Å². The molecule has 9 heteroatoms. The van der Waals surface area contributed by atoms with E-state index < -0.39 is 67.4 Å². The summed E-state index contributed by atoms with van der Waals surface area (Å²) in [5.74, 6) is -1.41. The highest BCUT2D eigenvalue weighted by atomic mass is 16.5. The van der Waals surface area contributed by atoms with E-state index in [9.17, 15) is 19.5 Å². The van der Waals surface area contributed by atoms with Crippen molar-refractivity contribution in [3.63, 3.8) is 0 Å². The average Bonchev–Trinajstić information content (AvgIpc) is 3.06. The lowest BCUT2D eigenvalue weighted by Gasteiger charge is -2.37. The number of rotatable bonds is 15. The van der Waals surface area contributed by atoms with Gasteiger partial charge in [0.05, 0.1) is 12.1 Å². The maximum Gasteiger partial charge on any atom is 0.318 e. The Labute approximate surface area is 281 Å². The number of carbonyl (C=O) groups excluding carboxylic acids is 3. The predicted molar refractivity (Wildman–Crippen MR) is 180 cm³/mol. The number of benzene rings is 3. The third-order valence-corrected chi connectivity index (χ3v) is 7.87. The highest BCUT2D eigenvalue weighted by Crippen LogP contribution is 2.22. The van der Waals surface area contributed by atoms with Gasteiger partial charge in [0.25, 0.3) is 5.91 Å². The summed E-state index contributed by atoms with van der Waals surface area (Å²) in [5, 5.41) is 19.4. The Morgan fingerprint density at radius 1 is 0.935 bits per heavy atom. The summed E-state index contributed by atoms with van der Waals surface area (Å²) in [5.41, 5.74) is 3.40. The minimum absolute atomic E-state index is 0.0660. The lowest BCUT2D eigenvalue weighted by molar-refractivity contribution is -0.128. The Kier molecular flexibility index (Phi) is 9.79. The summed E-state index contributed by atoms with van der Waals surface area (Å²) in [4.78, 5) is 41.0. The number of aliphatic hydroxyl groups is 1. The van der Waals surface area contributed by atoms with E-state index in [2.05, 4.69) is 10.6 Å². The molecule has 1 aliphatic rings. The van der Waals surface area contributed by atoms with Gasteiger partial charge in [-0.25, -0.2) is 4.79 Å². The van der Waals surface area contributed by atoms with Crippen LogP contribution in [0.15, 0.2) is 78.9 Å². The van der Waals surface area contributed by atoms with Crippen LogP contribution < -0.4 is 20.7 Å². The van der Waals surface area contributed by atoms with Gasteiger partial charge in [0.1, 0.15) is 11.8 Å². The molecule has 3 aromatic rings. The van der Waals surface area contributed by atoms with Gasteiger partial charge in [-0.15, -0.1) is 0 Å². The molecule has 1 aliphatic heterocycles. The number of aryl methyl sites for hydroxylation is 2. The van der Waals surface area contributed by atoms with Gasteiger partial charge in [-0.3, -0.25) is 9.59 Å². The van der Waals surface area contributed by atoms with Crippen LogP contribution in [-0.2, 0) is 22.4 Å². The fraction of sp³-hybridized carbons (Fsp3) is 0.432. The van der Waals surface area contributed by atoms with Crippen LogP contribution in [0.1, 0.15) is 57.1 Å². The van der Waals surface area contributed by atoms with Crippen LogP contribution in [0.2, 0.25) is 0 Å². The maximum absolute atomic E-state index is 14.1. The van der Waals surface area contributed by atoms with E-state index in [1.807, 2.05) is 98.0 Å². The maximum atomic E-state index is 14.1. The van der Waals surface area contributed by atoms with Crippen molar-refractivity contribution in [3.05, 3.63) is 101 Å². The molecule has 0 radical (unpaired) electrons. The van der Waals surface area contributed by atoms with Gasteiger partial charge in [0, 0.05) is 27.3 Å². The van der Waals surface area contributed by atoms with Gasteiger partial charge < -0.3 is 30.7 Å². The molecule has 0 aromatic heterocycles. The highest BCUT2D eigenvalue weighted by Gasteiger charge is 2.35. The van der Waals surface area contributed by atoms with E-state index in [4.69, 9.17) is 13.0 Å². The first-order chi connectivity index (χ1) is 24.4. The summed E-state index contributed by atoms with van der Waals surface area (Å²) in [6.07, 6.45) is -4.03. The van der Waals surface area contributed by atoms with Crippen molar-refractivity contribution < 1.29 is 32.5 Å². The fourth-order valence-electron chi connectivity index (χ4n) is 5.60. The summed E-state index contributed by atoms with van der Waals surface area (Å²) in [7, 11) is 0. The van der Waals surface area contributed by atoms with Crippen LogP contribution in [0.5, 0.6) is 5.75 Å². The number of aliphatic hydroxyl groups excluding tert-OH is 1. The zero-order valence-corrected chi connectivity index (χ0v) is 26.7. The molecule has 4 rings (SSSR count). The normalized spacial score (nSPS) is 21.0. The summed E-state index contributed by atoms with van der Waals surface area (Å²) >= 11 is 0. The van der Waals surface area contributed by atoms with Gasteiger partial charge in [-0.2, -0.15) is 0 Å². The van der Waals surface area contributed by atoms with Crippen molar-refractivity contribution in [3.8, 4) is 5.75 Å². The SMILES string of the molecule is [2H]C1([2H])NC(=O)N([C@H](C(=O)N[C@@H](Cc2ccccc2)C[C@H](O)[C@H](Cc2ccccc2)NC(=O)COc2c(C)cccc2C)C(C)C)C([2H])([2H])C1([2H])[2H]. The van der Waals surface area contributed by atoms with E-state index in [1.165, 1.54) is 0 Å². The number of hydrogen-bond donors (Lipinski definition) is 4. The lowest BCUT2D eigenvalue weighted by Crippen LogP contribution is -2.59. The smallest absolute Gasteiger partial charge is 0.318 e. The number of ether oxygens (including phenoxy) is 1. The van der Waals surface area contributed by atoms with Gasteiger partial charge in [0.2, 0.25) is 5.91 Å². The molecule has 46 heavy (non-hydrogen) atoms. The lowest BCUT2D eigenvalue weighted by atomic mass is 9.92. The van der Waals surface area contributed by atoms with E-state index in [0.717, 1.165) is 22.3 Å². The summed E-state index contributed by atoms with van der Waals surface area (Å²) < 4.78 is 55.4. The quantitative estimate of drug-likeness (QED) is 0.199. The molecule has 4 atom stereocenters. The zero-order valence-electron chi connectivity index (χ0n) is 32.7. The van der Waals surface area contributed by atoms with Crippen molar-refractivity contribution in [2.75, 3.05) is 19.6 Å². The van der Waals surface area contributed by atoms with Crippen LogP contribution in [0.3, 0.4) is 0 Å². The third kappa shape index (κ3) is 9.81. The minimum atomic E-state index is -3.23. The van der Waals surface area contributed by atoms with Gasteiger partial charge in [0.15, 0.2) is 6.61 Å². The molecule has 0 unspecified atom stereocenters. The second kappa shape index (κ2) is 16.8. The van der Waals surface area contributed by atoms with Crippen LogP contribution in [0.25, 0.3) is 0 Å². The standard InChI is InChI=1S/C37H48N4O5/c1-25(2)34(41-20-12-19-38-37(41)45)36(44)39-30(21-28-15-7-5-8-16-28)23-32(42)31(22-29-17-9-6-10-18-29)40-33(43)24-46-35-26(3)13-11-14-27(35)4/h5-11,13-18,25,30-32,34,42H,12,19-24H2,1-4H3,(H,38,45)(H,39,44)(H,40,43)/t30-,31-,32-,34-/m0/s1/i12D2,19D2,20D2. The van der Waals surface area contributed by atoms with Gasteiger partial charge >= 0.3 is 6.03 Å². The Hall–Kier alpha value is -4.37. The second-order valence-electron chi connectivity index (χ2n) is 11.9. The molecule has 0 spiro atoms. The number of amides is 4. The van der Waals surface area contributed by atoms with Crippen molar-refractivity contribution >= 4 is 17.8 Å². The first-order valence-corrected chi connectivity index (χ1v) is 15.5. The van der Waals surface area contributed by atoms with Crippen molar-refractivity contribution in [1.29, 1.82) is 0 Å². The Balaban J connectivity index is 1.60. The molecule has 0 saturated carbocycles. The molecule has 4 N–H and O–H groups in total. The zero-order chi connectivity index (χ0) is 38.4. The van der Waals surface area contributed by atoms with Crippen molar-refractivity contribution in [1.82, 2.24) is 20.9 Å². The largest absolute Gasteiger partial charge is 0.483 e. The molecule has 1 fully saturated rings. The van der Waals surface area contributed by atoms with Crippen molar-refractivity contribution in [2.24, 2.45) is 5.92 Å². The molecular weight excluding hydrogens is 580 g/mol. The van der Waals surface area contributed by atoms with E-state index in [-0.39, 0.29) is 25.9 Å². The molecule has 1 heterocycles. The minimum Gasteiger partial charge on any atom is -0.483 e. The summed E-state index contributed by atoms with van der Waals surface area (Å²) in [6.45, 7) is 0.335. The van der Waals surface area contributed by atoms with E-state index in [0.29, 0.717) is 10.6 Å². The van der Waals surface area contributed by atoms with Crippen LogP contribution in [0, 0.1) is 19.8 Å². The summed E-state index contributed by atoms with van der Waals surface area (Å²) in [6, 6.07) is 19.6. The molecule has 3 aromatic carbocycles. The third-order valence-electron chi connectivity index (χ3n) is 7.87. The molecule has 9 nitrogen and oxygen atoms in total. The Morgan fingerprint density at radius 3 is 2.15 bits per heavy atom. The molecule has 4 amide bonds. The Morgan fingerprint density at radius 2 is 1.54 bits per heavy atom. The average molecular weight is 635 g/mol. The molecule has 0 bridgehead atoms. The van der Waals surface area contributed by atoms with Gasteiger partial charge in [-0.05, 0) is 67.7 Å². The first kappa shape index (κ1) is 26.8. The predicted octanol–water partition coefficient (Wildman–Crippen LogP) is 4.33. The van der Waals surface area contributed by atoms with E-state index >= 15 is 0 Å². The van der Waals surface area contributed by atoms with Crippen LogP contribution in [0.4, 0.5) is 4.79 Å². The number of nitrogens with one attached hydrogen (secondary N) is 3. The van der Waals surface area contributed by atoms with E-state index in [1.54, 1.807) is 13.8 Å². The number of urea groups is 1. The van der Waals surface area contributed by atoms with Gasteiger partial charge in [-0.1, -0.05) is 92.7 Å². The molecular formula is C37H48N4O5. The second-order valence-corrected chi connectivity index (χ2v) is 11.9. The fourth-order valence-corrected chi connectivity index (χ4v) is 5.60. The number of nitrogens with zero attached hydrogens (tertiary/aromatic N) is 1. The molecule has 1 saturated heterocycles. The number of para-hydroxylation sites is 1. The topological polar surface area (TPSA) is 120 Å². The Bertz CT molecular complexity index is 1680. The van der Waals surface area contributed by atoms with Crippen LogP contribution in [-0.4, -0.2) is 71.7 Å². The molecule has 0 aliphatic carbocycles. The number of carbonyl (C=O) groups is 3. The number of hydrogen-bond acceptors (Lipinski definition) is 5. The first-order valence-electron chi connectivity index (χ1n) is 18.5. The monoisotopic (exact) mass is 634 g/mol.